The van der Waals surface area contributed by atoms with Crippen molar-refractivity contribution in [3.63, 3.8) is 0 Å². The van der Waals surface area contributed by atoms with Crippen molar-refractivity contribution in [3.05, 3.63) is 113 Å². The summed E-state index contributed by atoms with van der Waals surface area (Å²) in [5, 5.41) is 0.136. The maximum Gasteiger partial charge on any atom is 0.416 e. The van der Waals surface area contributed by atoms with Gasteiger partial charge in [0.15, 0.2) is 0 Å². The summed E-state index contributed by atoms with van der Waals surface area (Å²) >= 11 is 0. The van der Waals surface area contributed by atoms with Crippen molar-refractivity contribution >= 4 is 20.9 Å². The molecule has 0 saturated heterocycles. The topological polar surface area (TPSA) is 66.8 Å². The van der Waals surface area contributed by atoms with Gasteiger partial charge in [0.2, 0.25) is 0 Å². The molecule has 0 unspecified atom stereocenters. The summed E-state index contributed by atoms with van der Waals surface area (Å²) in [5.74, 6) is 0. The lowest BCUT2D eigenvalue weighted by atomic mass is 10.0. The predicted molar refractivity (Wildman–Crippen MR) is 144 cm³/mol. The molecule has 0 N–H and O–H groups in total. The zero-order valence-corrected chi connectivity index (χ0v) is 22.7. The fourth-order valence-corrected chi connectivity index (χ4v) is 6.27. The van der Waals surface area contributed by atoms with E-state index < -0.39 is 34.0 Å². The summed E-state index contributed by atoms with van der Waals surface area (Å²) in [6.07, 6.45) is -2.26. The molecule has 4 aromatic rings. The summed E-state index contributed by atoms with van der Waals surface area (Å²) < 4.78 is 86.6. The van der Waals surface area contributed by atoms with E-state index in [4.69, 9.17) is 14.2 Å². The average Bonchev–Trinajstić information content (AvgIpc) is 3.31. The maximum atomic E-state index is 13.8. The molecule has 0 aliphatic carbocycles. The van der Waals surface area contributed by atoms with Crippen LogP contribution in [0.1, 0.15) is 28.5 Å². The minimum atomic E-state index is -4.57. The van der Waals surface area contributed by atoms with Crippen molar-refractivity contribution in [3.8, 4) is 0 Å². The van der Waals surface area contributed by atoms with Gasteiger partial charge in [0.25, 0.3) is 10.0 Å². The number of hydrogen-bond acceptors (Lipinski definition) is 5. The van der Waals surface area contributed by atoms with Crippen LogP contribution in [0.25, 0.3) is 10.9 Å². The molecule has 0 radical (unpaired) electrons. The molecule has 6 nitrogen and oxygen atoms in total. The zero-order chi connectivity index (χ0) is 28.5. The van der Waals surface area contributed by atoms with Crippen LogP contribution in [0.5, 0.6) is 0 Å². The highest BCUT2D eigenvalue weighted by Gasteiger charge is 2.33. The highest BCUT2D eigenvalue weighted by atomic mass is 32.2. The standard InChI is InChI=1S/C30H28F3NO5S/c1-20-8-11-25(12-9-20)40(35,36)34-24(17-22-16-23(30(31,32)33)10-13-26(22)34)18-38-28-15-14-27(39-29(28)19-37-2)21-6-4-3-5-7-21/h3-17,27-29H,18-19H2,1-2H3/t27-,28-,29+/m0/s1. The molecule has 1 aromatic heterocycles. The third-order valence-corrected chi connectivity index (χ3v) is 8.54. The minimum Gasteiger partial charge on any atom is -0.382 e. The molecular weight excluding hydrogens is 543 g/mol. The van der Waals surface area contributed by atoms with E-state index >= 15 is 0 Å². The molecule has 0 fully saturated rings. The SMILES string of the molecule is COC[C@H]1O[C@H](c2ccccc2)C=C[C@@H]1OCc1cc2cc(C(F)(F)F)ccc2n1S(=O)(=O)c1ccc(C)cc1. The number of aryl methyl sites for hydroxylation is 1. The normalized spacial score (nSPS) is 19.8. The van der Waals surface area contributed by atoms with Gasteiger partial charge in [0.05, 0.1) is 34.9 Å². The molecule has 1 aliphatic rings. The number of hydrogen-bond donors (Lipinski definition) is 0. The van der Waals surface area contributed by atoms with Gasteiger partial charge in [-0.05, 0) is 48.9 Å². The van der Waals surface area contributed by atoms with Crippen LogP contribution < -0.4 is 0 Å². The van der Waals surface area contributed by atoms with Gasteiger partial charge >= 0.3 is 6.18 Å². The molecule has 40 heavy (non-hydrogen) atoms. The van der Waals surface area contributed by atoms with Crippen molar-refractivity contribution in [2.75, 3.05) is 13.7 Å². The highest BCUT2D eigenvalue weighted by Crippen LogP contribution is 2.35. The zero-order valence-electron chi connectivity index (χ0n) is 21.8. The average molecular weight is 572 g/mol. The van der Waals surface area contributed by atoms with E-state index in [-0.39, 0.29) is 40.8 Å². The Morgan fingerprint density at radius 3 is 2.35 bits per heavy atom. The maximum absolute atomic E-state index is 13.8. The fourth-order valence-electron chi connectivity index (χ4n) is 4.74. The fraction of sp³-hybridized carbons (Fsp3) is 0.267. The molecule has 210 valence electrons. The molecule has 3 aromatic carbocycles. The molecule has 3 atom stereocenters. The van der Waals surface area contributed by atoms with E-state index in [0.717, 1.165) is 27.2 Å². The van der Waals surface area contributed by atoms with Crippen molar-refractivity contribution in [1.29, 1.82) is 0 Å². The van der Waals surface area contributed by atoms with Crippen LogP contribution in [0.3, 0.4) is 0 Å². The van der Waals surface area contributed by atoms with Crippen LogP contribution >= 0.6 is 0 Å². The number of fused-ring (bicyclic) bond motifs is 1. The number of methoxy groups -OCH3 is 1. The molecule has 2 heterocycles. The molecule has 0 spiro atoms. The van der Waals surface area contributed by atoms with Crippen molar-refractivity contribution in [2.45, 2.75) is 42.9 Å². The summed E-state index contributed by atoms with van der Waals surface area (Å²) in [6, 6.07) is 20.3. The van der Waals surface area contributed by atoms with E-state index in [9.17, 15) is 21.6 Å². The highest BCUT2D eigenvalue weighted by molar-refractivity contribution is 7.90. The van der Waals surface area contributed by atoms with E-state index in [0.29, 0.717) is 0 Å². The van der Waals surface area contributed by atoms with E-state index in [2.05, 4.69) is 0 Å². The van der Waals surface area contributed by atoms with Crippen molar-refractivity contribution < 1.29 is 35.8 Å². The van der Waals surface area contributed by atoms with Crippen LogP contribution in [-0.2, 0) is 37.0 Å². The van der Waals surface area contributed by atoms with Gasteiger partial charge in [-0.2, -0.15) is 13.2 Å². The second kappa shape index (κ2) is 11.2. The summed E-state index contributed by atoms with van der Waals surface area (Å²) in [7, 11) is -2.62. The lowest BCUT2D eigenvalue weighted by Gasteiger charge is -2.32. The lowest BCUT2D eigenvalue weighted by Crippen LogP contribution is -2.37. The number of benzene rings is 3. The first-order valence-electron chi connectivity index (χ1n) is 12.6. The molecule has 0 amide bonds. The first kappa shape index (κ1) is 28.1. The Balaban J connectivity index is 1.51. The number of alkyl halides is 3. The van der Waals surface area contributed by atoms with Gasteiger partial charge in [-0.1, -0.05) is 60.2 Å². The number of rotatable bonds is 8. The minimum absolute atomic E-state index is 0.0144. The first-order valence-corrected chi connectivity index (χ1v) is 14.0. The van der Waals surface area contributed by atoms with Gasteiger partial charge in [-0.25, -0.2) is 12.4 Å². The molecule has 10 heteroatoms. The molecule has 1 aliphatic heterocycles. The Bertz CT molecular complexity index is 1610. The second-order valence-corrected chi connectivity index (χ2v) is 11.4. The van der Waals surface area contributed by atoms with Gasteiger partial charge < -0.3 is 14.2 Å². The Morgan fingerprint density at radius 1 is 0.950 bits per heavy atom. The van der Waals surface area contributed by atoms with Crippen LogP contribution in [0.15, 0.2) is 95.9 Å². The van der Waals surface area contributed by atoms with E-state index in [1.807, 2.05) is 49.4 Å². The largest absolute Gasteiger partial charge is 0.416 e. The predicted octanol–water partition coefficient (Wildman–Crippen LogP) is 6.43. The number of nitrogens with zero attached hydrogens (tertiary/aromatic N) is 1. The van der Waals surface area contributed by atoms with Gasteiger partial charge in [0, 0.05) is 12.5 Å². The number of ether oxygens (including phenoxy) is 3. The molecular formula is C30H28F3NO5S. The van der Waals surface area contributed by atoms with Gasteiger partial charge in [-0.3, -0.25) is 0 Å². The summed E-state index contributed by atoms with van der Waals surface area (Å²) in [6.45, 7) is 1.85. The van der Waals surface area contributed by atoms with Gasteiger partial charge in [-0.15, -0.1) is 0 Å². The molecule has 0 saturated carbocycles. The Labute approximate surface area is 230 Å². The number of aromatic nitrogens is 1. The first-order chi connectivity index (χ1) is 19.1. The Morgan fingerprint density at radius 2 is 1.68 bits per heavy atom. The van der Waals surface area contributed by atoms with E-state index in [1.54, 1.807) is 19.2 Å². The van der Waals surface area contributed by atoms with E-state index in [1.165, 1.54) is 24.3 Å². The Hall–Kier alpha value is -3.44. The molecule has 0 bridgehead atoms. The summed E-state index contributed by atoms with van der Waals surface area (Å²) in [4.78, 5) is 0.0144. The third kappa shape index (κ3) is 5.71. The van der Waals surface area contributed by atoms with Crippen molar-refractivity contribution in [2.24, 2.45) is 0 Å². The van der Waals surface area contributed by atoms with Crippen LogP contribution in [0.2, 0.25) is 0 Å². The monoisotopic (exact) mass is 571 g/mol. The molecule has 5 rings (SSSR count). The quantitative estimate of drug-likeness (QED) is 0.228. The van der Waals surface area contributed by atoms with Crippen molar-refractivity contribution in [1.82, 2.24) is 3.97 Å². The van der Waals surface area contributed by atoms with Crippen LogP contribution in [0, 0.1) is 6.92 Å². The lowest BCUT2D eigenvalue weighted by molar-refractivity contribution is -0.137. The third-order valence-electron chi connectivity index (χ3n) is 6.76. The summed E-state index contributed by atoms with van der Waals surface area (Å²) in [5.41, 5.74) is 1.28. The van der Waals surface area contributed by atoms with Crippen LogP contribution in [0.4, 0.5) is 13.2 Å². The number of halogens is 3. The smallest absolute Gasteiger partial charge is 0.382 e. The van der Waals surface area contributed by atoms with Crippen LogP contribution in [-0.4, -0.2) is 38.3 Å². The Kier molecular flexibility index (Phi) is 7.87. The van der Waals surface area contributed by atoms with Gasteiger partial charge in [0.1, 0.15) is 18.3 Å². The second-order valence-electron chi connectivity index (χ2n) is 9.61.